The molecule has 2 aromatic heterocycles. The van der Waals surface area contributed by atoms with Crippen molar-refractivity contribution in [3.63, 3.8) is 0 Å². The largest absolute Gasteiger partial charge is 0.356 e. The highest BCUT2D eigenvalue weighted by Gasteiger charge is 2.29. The van der Waals surface area contributed by atoms with Crippen LogP contribution in [0.4, 0.5) is 5.82 Å². The van der Waals surface area contributed by atoms with Crippen LogP contribution in [0.15, 0.2) is 21.9 Å². The van der Waals surface area contributed by atoms with E-state index in [1.54, 1.807) is 17.7 Å². The molecule has 1 aliphatic carbocycles. The number of hydrogen-bond acceptors (Lipinski definition) is 5. The molecule has 25 heavy (non-hydrogen) atoms. The van der Waals surface area contributed by atoms with E-state index in [-0.39, 0.29) is 11.2 Å². The number of nitrogens with one attached hydrogen (secondary N) is 2. The van der Waals surface area contributed by atoms with Crippen LogP contribution in [-0.4, -0.2) is 38.5 Å². The summed E-state index contributed by atoms with van der Waals surface area (Å²) in [7, 11) is 3.23. The molecule has 0 aromatic carbocycles. The number of anilines is 1. The van der Waals surface area contributed by atoms with Gasteiger partial charge in [0.05, 0.1) is 6.20 Å². The Bertz CT molecular complexity index is 895. The fourth-order valence-corrected chi connectivity index (χ4v) is 4.05. The predicted octanol–water partition coefficient (Wildman–Crippen LogP) is 0.0530. The summed E-state index contributed by atoms with van der Waals surface area (Å²) in [5, 5.41) is 11.0. The van der Waals surface area contributed by atoms with Gasteiger partial charge in [0.1, 0.15) is 5.82 Å². The van der Waals surface area contributed by atoms with Gasteiger partial charge < -0.3 is 10.2 Å². The molecular formula is C17H24N6O2. The molecule has 2 atom stereocenters. The maximum atomic E-state index is 12.1. The summed E-state index contributed by atoms with van der Waals surface area (Å²) in [4.78, 5) is 26.2. The molecule has 134 valence electrons. The number of aromatic nitrogens is 4. The second-order valence-corrected chi connectivity index (χ2v) is 7.09. The molecule has 2 aromatic rings. The molecule has 0 bridgehead atoms. The monoisotopic (exact) mass is 344 g/mol. The van der Waals surface area contributed by atoms with E-state index < -0.39 is 0 Å². The number of H-pyrrole nitrogens is 1. The lowest BCUT2D eigenvalue weighted by atomic mass is 9.92. The quantitative estimate of drug-likeness (QED) is 0.822. The van der Waals surface area contributed by atoms with Crippen LogP contribution in [0, 0.1) is 0 Å². The first kappa shape index (κ1) is 16.1. The van der Waals surface area contributed by atoms with Crippen molar-refractivity contribution < 1.29 is 0 Å². The third-order valence-electron chi connectivity index (χ3n) is 5.50. The molecule has 4 rings (SSSR count). The first-order chi connectivity index (χ1) is 12.0. The first-order valence-corrected chi connectivity index (χ1v) is 8.85. The van der Waals surface area contributed by atoms with E-state index in [0.29, 0.717) is 17.9 Å². The zero-order valence-corrected chi connectivity index (χ0v) is 14.7. The Kier molecular flexibility index (Phi) is 3.99. The number of aryl methyl sites for hydroxylation is 1. The molecule has 1 saturated heterocycles. The van der Waals surface area contributed by atoms with Crippen molar-refractivity contribution in [3.8, 4) is 0 Å². The molecule has 0 radical (unpaired) electrons. The molecular weight excluding hydrogens is 320 g/mol. The normalized spacial score (nSPS) is 23.0. The summed E-state index contributed by atoms with van der Waals surface area (Å²) in [5.74, 6) is 0.699. The summed E-state index contributed by atoms with van der Waals surface area (Å²) in [6.07, 6.45) is 6.27. The summed E-state index contributed by atoms with van der Waals surface area (Å²) in [6.45, 7) is 1.63. The predicted molar refractivity (Wildman–Crippen MR) is 94.9 cm³/mol. The van der Waals surface area contributed by atoms with Gasteiger partial charge in [-0.25, -0.2) is 4.79 Å². The van der Waals surface area contributed by atoms with E-state index in [2.05, 4.69) is 20.4 Å². The van der Waals surface area contributed by atoms with Gasteiger partial charge in [-0.05, 0) is 25.7 Å². The Morgan fingerprint density at radius 1 is 1.24 bits per heavy atom. The van der Waals surface area contributed by atoms with Gasteiger partial charge in [-0.15, -0.1) is 0 Å². The molecule has 0 saturated carbocycles. The average Bonchev–Trinajstić information content (AvgIpc) is 3.26. The first-order valence-electron chi connectivity index (χ1n) is 8.85. The van der Waals surface area contributed by atoms with E-state index >= 15 is 0 Å². The van der Waals surface area contributed by atoms with Crippen LogP contribution in [0.5, 0.6) is 0 Å². The molecule has 1 unspecified atom stereocenters. The Morgan fingerprint density at radius 2 is 2.08 bits per heavy atom. The highest BCUT2D eigenvalue weighted by Crippen LogP contribution is 2.29. The number of nitrogens with zero attached hydrogens (tertiary/aromatic N) is 4. The molecule has 8 nitrogen and oxygen atoms in total. The summed E-state index contributed by atoms with van der Waals surface area (Å²) in [5.41, 5.74) is 1.98. The van der Waals surface area contributed by atoms with Crippen molar-refractivity contribution >= 4 is 5.82 Å². The zero-order valence-electron chi connectivity index (χ0n) is 14.7. The van der Waals surface area contributed by atoms with Gasteiger partial charge in [0.15, 0.2) is 0 Å². The Morgan fingerprint density at radius 3 is 2.92 bits per heavy atom. The van der Waals surface area contributed by atoms with E-state index in [4.69, 9.17) is 0 Å². The van der Waals surface area contributed by atoms with Crippen LogP contribution in [0.2, 0.25) is 0 Å². The van der Waals surface area contributed by atoms with Crippen molar-refractivity contribution in [2.75, 3.05) is 18.0 Å². The van der Waals surface area contributed by atoms with Crippen molar-refractivity contribution in [3.05, 3.63) is 44.4 Å². The SMILES string of the molecule is Cn1c(N2CC[C@@H](NC3CCCc4[nH]ncc43)C2)cc(=O)n(C)c1=O. The minimum absolute atomic E-state index is 0.259. The fraction of sp³-hybridized carbons (Fsp3) is 0.588. The van der Waals surface area contributed by atoms with Crippen LogP contribution in [0.1, 0.15) is 36.6 Å². The standard InChI is InChI=1S/C17H24N6O2/c1-21-15(8-16(24)22(2)17(21)25)23-7-6-11(10-23)19-13-4-3-5-14-12(13)9-18-20-14/h8-9,11,13,19H,3-7,10H2,1-2H3,(H,18,20)/t11-,13?/m1/s1. The Balaban J connectivity index is 1.50. The second kappa shape index (κ2) is 6.18. The second-order valence-electron chi connectivity index (χ2n) is 7.09. The smallest absolute Gasteiger partial charge is 0.332 e. The van der Waals surface area contributed by atoms with Crippen molar-refractivity contribution in [1.82, 2.24) is 24.6 Å². The summed E-state index contributed by atoms with van der Waals surface area (Å²) in [6, 6.07) is 2.23. The minimum atomic E-state index is -0.283. The molecule has 3 heterocycles. The van der Waals surface area contributed by atoms with Gasteiger partial charge >= 0.3 is 5.69 Å². The van der Waals surface area contributed by atoms with Crippen LogP contribution >= 0.6 is 0 Å². The molecule has 2 aliphatic rings. The van der Waals surface area contributed by atoms with Gasteiger partial charge in [0, 0.05) is 56.6 Å². The van der Waals surface area contributed by atoms with Gasteiger partial charge in [-0.3, -0.25) is 19.0 Å². The Hall–Kier alpha value is -2.35. The summed E-state index contributed by atoms with van der Waals surface area (Å²) >= 11 is 0. The maximum absolute atomic E-state index is 12.1. The highest BCUT2D eigenvalue weighted by molar-refractivity contribution is 5.40. The van der Waals surface area contributed by atoms with Gasteiger partial charge in [-0.2, -0.15) is 5.10 Å². The van der Waals surface area contributed by atoms with E-state index in [0.717, 1.165) is 43.3 Å². The van der Waals surface area contributed by atoms with E-state index in [9.17, 15) is 9.59 Å². The molecule has 0 spiro atoms. The number of aromatic amines is 1. The van der Waals surface area contributed by atoms with Gasteiger partial charge in [0.25, 0.3) is 5.56 Å². The average molecular weight is 344 g/mol. The minimum Gasteiger partial charge on any atom is -0.356 e. The fourth-order valence-electron chi connectivity index (χ4n) is 4.05. The molecule has 1 aliphatic heterocycles. The lowest BCUT2D eigenvalue weighted by molar-refractivity contribution is 0.408. The summed E-state index contributed by atoms with van der Waals surface area (Å²) < 4.78 is 2.69. The maximum Gasteiger partial charge on any atom is 0.332 e. The third-order valence-corrected chi connectivity index (χ3v) is 5.50. The van der Waals surface area contributed by atoms with Crippen LogP contribution in [-0.2, 0) is 20.5 Å². The molecule has 8 heteroatoms. The Labute approximate surface area is 145 Å². The third kappa shape index (κ3) is 2.80. The van der Waals surface area contributed by atoms with E-state index in [1.165, 1.54) is 18.3 Å². The van der Waals surface area contributed by atoms with E-state index in [1.807, 2.05) is 6.20 Å². The number of fused-ring (bicyclic) bond motifs is 1. The zero-order chi connectivity index (χ0) is 17.6. The lowest BCUT2D eigenvalue weighted by Gasteiger charge is -2.27. The number of hydrogen-bond donors (Lipinski definition) is 2. The highest BCUT2D eigenvalue weighted by atomic mass is 16.2. The van der Waals surface area contributed by atoms with Crippen molar-refractivity contribution in [2.24, 2.45) is 14.1 Å². The molecule has 1 fully saturated rings. The van der Waals surface area contributed by atoms with Crippen molar-refractivity contribution in [1.29, 1.82) is 0 Å². The van der Waals surface area contributed by atoms with Crippen LogP contribution in [0.3, 0.4) is 0 Å². The van der Waals surface area contributed by atoms with Crippen LogP contribution in [0.25, 0.3) is 0 Å². The van der Waals surface area contributed by atoms with Crippen LogP contribution < -0.4 is 21.5 Å². The topological polar surface area (TPSA) is 87.9 Å². The molecule has 2 N–H and O–H groups in total. The molecule has 0 amide bonds. The number of rotatable bonds is 3. The van der Waals surface area contributed by atoms with Gasteiger partial charge in [-0.1, -0.05) is 0 Å². The lowest BCUT2D eigenvalue weighted by Crippen LogP contribution is -2.41. The van der Waals surface area contributed by atoms with Gasteiger partial charge in [0.2, 0.25) is 0 Å². The van der Waals surface area contributed by atoms with Crippen molar-refractivity contribution in [2.45, 2.75) is 37.8 Å².